The molecule has 0 fully saturated rings. The van der Waals surface area contributed by atoms with E-state index in [9.17, 15) is 8.42 Å². The molecule has 0 saturated carbocycles. The van der Waals surface area contributed by atoms with Crippen LogP contribution >= 0.6 is 11.3 Å². The summed E-state index contributed by atoms with van der Waals surface area (Å²) < 4.78 is 32.2. The zero-order chi connectivity index (χ0) is 15.2. The van der Waals surface area contributed by atoms with Gasteiger partial charge in [-0.1, -0.05) is 13.8 Å². The third-order valence-electron chi connectivity index (χ3n) is 2.60. The van der Waals surface area contributed by atoms with Crippen molar-refractivity contribution in [2.45, 2.75) is 43.5 Å². The molecule has 0 bridgehead atoms. The van der Waals surface area contributed by atoms with Crippen LogP contribution in [0, 0.1) is 0 Å². The van der Waals surface area contributed by atoms with Crippen LogP contribution in [0.4, 0.5) is 0 Å². The first-order valence-corrected chi connectivity index (χ1v) is 8.98. The van der Waals surface area contributed by atoms with Crippen molar-refractivity contribution in [3.8, 4) is 0 Å². The van der Waals surface area contributed by atoms with Crippen LogP contribution in [0.15, 0.2) is 16.3 Å². The van der Waals surface area contributed by atoms with Crippen LogP contribution in [0.5, 0.6) is 0 Å². The second-order valence-corrected chi connectivity index (χ2v) is 8.17. The molecule has 1 aromatic heterocycles. The summed E-state index contributed by atoms with van der Waals surface area (Å²) in [7, 11) is -1.88. The molecule has 1 unspecified atom stereocenters. The molecule has 1 aromatic rings. The summed E-state index contributed by atoms with van der Waals surface area (Å²) in [6.07, 6.45) is 0.839. The Morgan fingerprint density at radius 3 is 2.60 bits per heavy atom. The van der Waals surface area contributed by atoms with Gasteiger partial charge in [0.1, 0.15) is 4.21 Å². The van der Waals surface area contributed by atoms with Crippen LogP contribution in [0.2, 0.25) is 0 Å². The van der Waals surface area contributed by atoms with E-state index in [-0.39, 0.29) is 6.04 Å². The van der Waals surface area contributed by atoms with Gasteiger partial charge in [-0.15, -0.1) is 11.3 Å². The van der Waals surface area contributed by atoms with Crippen LogP contribution in [-0.4, -0.2) is 40.8 Å². The summed E-state index contributed by atoms with van der Waals surface area (Å²) >= 11 is 1.32. The standard InChI is InChI=1S/C13H24N2O3S2/c1-10(2)14-8-7-12-5-6-13(19-12)20(16,17)15-11(3)9-18-4/h5-6,10-11,14-15H,7-9H2,1-4H3. The Hall–Kier alpha value is -0.470. The number of methoxy groups -OCH3 is 1. The molecule has 7 heteroatoms. The lowest BCUT2D eigenvalue weighted by Gasteiger charge is -2.11. The third kappa shape index (κ3) is 5.88. The quantitative estimate of drug-likeness (QED) is 0.725. The number of rotatable bonds is 9. The minimum atomic E-state index is -3.43. The van der Waals surface area contributed by atoms with Gasteiger partial charge in [-0.05, 0) is 25.5 Å². The Morgan fingerprint density at radius 2 is 2.00 bits per heavy atom. The number of nitrogens with one attached hydrogen (secondary N) is 2. The molecule has 116 valence electrons. The smallest absolute Gasteiger partial charge is 0.250 e. The average molecular weight is 320 g/mol. The van der Waals surface area contributed by atoms with Crippen LogP contribution < -0.4 is 10.0 Å². The maximum atomic E-state index is 12.1. The summed E-state index contributed by atoms with van der Waals surface area (Å²) in [6.45, 7) is 7.17. The van der Waals surface area contributed by atoms with E-state index in [1.165, 1.54) is 11.3 Å². The molecule has 0 aliphatic rings. The van der Waals surface area contributed by atoms with Gasteiger partial charge in [-0.3, -0.25) is 0 Å². The number of sulfonamides is 1. The molecule has 0 amide bonds. The highest BCUT2D eigenvalue weighted by Crippen LogP contribution is 2.22. The van der Waals surface area contributed by atoms with E-state index in [0.717, 1.165) is 17.8 Å². The molecule has 0 saturated heterocycles. The monoisotopic (exact) mass is 320 g/mol. The largest absolute Gasteiger partial charge is 0.383 e. The second-order valence-electron chi connectivity index (χ2n) is 5.06. The predicted octanol–water partition coefficient (Wildman–Crippen LogP) is 1.60. The summed E-state index contributed by atoms with van der Waals surface area (Å²) in [5.74, 6) is 0. The summed E-state index contributed by atoms with van der Waals surface area (Å²) in [6, 6.07) is 3.74. The lowest BCUT2D eigenvalue weighted by atomic mass is 10.3. The molecular weight excluding hydrogens is 296 g/mol. The fourth-order valence-corrected chi connectivity index (χ4v) is 4.33. The Kier molecular flexibility index (Phi) is 7.11. The van der Waals surface area contributed by atoms with Crippen molar-refractivity contribution in [2.24, 2.45) is 0 Å². The topological polar surface area (TPSA) is 67.4 Å². The van der Waals surface area contributed by atoms with Gasteiger partial charge < -0.3 is 10.1 Å². The first-order chi connectivity index (χ1) is 9.35. The molecule has 1 atom stereocenters. The molecular formula is C13H24N2O3S2. The SMILES string of the molecule is COCC(C)NS(=O)(=O)c1ccc(CCNC(C)C)s1. The normalized spacial score (nSPS) is 13.8. The van der Waals surface area contributed by atoms with Crippen molar-refractivity contribution >= 4 is 21.4 Å². The van der Waals surface area contributed by atoms with E-state index >= 15 is 0 Å². The van der Waals surface area contributed by atoms with E-state index in [1.807, 2.05) is 6.07 Å². The molecule has 2 N–H and O–H groups in total. The van der Waals surface area contributed by atoms with Crippen molar-refractivity contribution in [3.05, 3.63) is 17.0 Å². The zero-order valence-corrected chi connectivity index (χ0v) is 14.1. The highest BCUT2D eigenvalue weighted by Gasteiger charge is 2.19. The fraction of sp³-hybridized carbons (Fsp3) is 0.692. The minimum absolute atomic E-state index is 0.238. The Morgan fingerprint density at radius 1 is 1.30 bits per heavy atom. The fourth-order valence-electron chi connectivity index (χ4n) is 1.73. The van der Waals surface area contributed by atoms with Crippen LogP contribution in [0.25, 0.3) is 0 Å². The molecule has 1 heterocycles. The predicted molar refractivity (Wildman–Crippen MR) is 82.8 cm³/mol. The molecule has 0 radical (unpaired) electrons. The van der Waals surface area contributed by atoms with Gasteiger partial charge in [-0.2, -0.15) is 0 Å². The molecule has 0 aromatic carbocycles. The molecule has 0 spiro atoms. The van der Waals surface area contributed by atoms with Gasteiger partial charge in [0.05, 0.1) is 6.61 Å². The number of ether oxygens (including phenoxy) is 1. The highest BCUT2D eigenvalue weighted by molar-refractivity contribution is 7.91. The van der Waals surface area contributed by atoms with Crippen LogP contribution in [-0.2, 0) is 21.2 Å². The van der Waals surface area contributed by atoms with Gasteiger partial charge in [0.25, 0.3) is 0 Å². The molecule has 0 aliphatic carbocycles. The number of hydrogen-bond donors (Lipinski definition) is 2. The van der Waals surface area contributed by atoms with Gasteiger partial charge in [0, 0.05) is 30.6 Å². The lowest BCUT2D eigenvalue weighted by Crippen LogP contribution is -2.35. The van der Waals surface area contributed by atoms with Crippen molar-refractivity contribution in [3.63, 3.8) is 0 Å². The maximum absolute atomic E-state index is 12.1. The van der Waals surface area contributed by atoms with Crippen molar-refractivity contribution in [1.82, 2.24) is 10.0 Å². The first-order valence-electron chi connectivity index (χ1n) is 6.68. The van der Waals surface area contributed by atoms with Gasteiger partial charge in [-0.25, -0.2) is 13.1 Å². The van der Waals surface area contributed by atoms with E-state index in [1.54, 1.807) is 20.1 Å². The van der Waals surface area contributed by atoms with Crippen LogP contribution in [0.3, 0.4) is 0 Å². The van der Waals surface area contributed by atoms with Crippen molar-refractivity contribution in [1.29, 1.82) is 0 Å². The van der Waals surface area contributed by atoms with E-state index in [2.05, 4.69) is 23.9 Å². The first kappa shape index (κ1) is 17.6. The molecule has 0 aliphatic heterocycles. The van der Waals surface area contributed by atoms with Crippen molar-refractivity contribution in [2.75, 3.05) is 20.3 Å². The average Bonchev–Trinajstić information content (AvgIpc) is 2.77. The second kappa shape index (κ2) is 8.09. The molecule has 1 rings (SSSR count). The summed E-state index contributed by atoms with van der Waals surface area (Å²) in [4.78, 5) is 1.07. The summed E-state index contributed by atoms with van der Waals surface area (Å²) in [5.41, 5.74) is 0. The number of thiophene rings is 1. The summed E-state index contributed by atoms with van der Waals surface area (Å²) in [5, 5.41) is 3.32. The van der Waals surface area contributed by atoms with E-state index < -0.39 is 10.0 Å². The van der Waals surface area contributed by atoms with E-state index in [0.29, 0.717) is 16.9 Å². The molecule has 5 nitrogen and oxygen atoms in total. The Labute approximate surface area is 125 Å². The third-order valence-corrected chi connectivity index (χ3v) is 5.83. The minimum Gasteiger partial charge on any atom is -0.383 e. The van der Waals surface area contributed by atoms with E-state index in [4.69, 9.17) is 4.74 Å². The Balaban J connectivity index is 2.61. The number of hydrogen-bond acceptors (Lipinski definition) is 5. The van der Waals surface area contributed by atoms with Gasteiger partial charge >= 0.3 is 0 Å². The molecule has 20 heavy (non-hydrogen) atoms. The lowest BCUT2D eigenvalue weighted by molar-refractivity contribution is 0.180. The highest BCUT2D eigenvalue weighted by atomic mass is 32.2. The van der Waals surface area contributed by atoms with Gasteiger partial charge in [0.15, 0.2) is 0 Å². The van der Waals surface area contributed by atoms with Gasteiger partial charge in [0.2, 0.25) is 10.0 Å². The van der Waals surface area contributed by atoms with Crippen LogP contribution in [0.1, 0.15) is 25.6 Å². The van der Waals surface area contributed by atoms with Crippen molar-refractivity contribution < 1.29 is 13.2 Å². The zero-order valence-electron chi connectivity index (χ0n) is 12.5. The maximum Gasteiger partial charge on any atom is 0.250 e. The Bertz CT molecular complexity index is 497.